The normalized spacial score (nSPS) is 11.2. The van der Waals surface area contributed by atoms with Crippen molar-refractivity contribution < 1.29 is 27.9 Å². The lowest BCUT2D eigenvalue weighted by atomic mass is 10.1. The number of nitrogens with zero attached hydrogens (tertiary/aromatic N) is 1. The van der Waals surface area contributed by atoms with Gasteiger partial charge in [0.05, 0.1) is 6.42 Å². The Balaban J connectivity index is 2.58. The lowest BCUT2D eigenvalue weighted by Crippen LogP contribution is -2.37. The van der Waals surface area contributed by atoms with Crippen LogP contribution in [0.3, 0.4) is 0 Å². The zero-order valence-electron chi connectivity index (χ0n) is 11.3. The van der Waals surface area contributed by atoms with Crippen molar-refractivity contribution in [3.63, 3.8) is 0 Å². The molecule has 0 heterocycles. The number of carboxylic acid groups (broad SMARTS) is 1. The summed E-state index contributed by atoms with van der Waals surface area (Å²) in [5, 5.41) is 8.74. The molecule has 4 nitrogen and oxygen atoms in total. The molecular weight excluding hydrogens is 287 g/mol. The van der Waals surface area contributed by atoms with E-state index in [4.69, 9.17) is 5.11 Å². The SMILES string of the molecule is O=C(O)CN(CCc1ccccc1)C(=O)CCC(F)(F)F. The molecule has 0 aromatic heterocycles. The smallest absolute Gasteiger partial charge is 0.389 e. The van der Waals surface area contributed by atoms with E-state index in [9.17, 15) is 22.8 Å². The Hall–Kier alpha value is -2.05. The molecule has 0 aliphatic rings. The third kappa shape index (κ3) is 7.34. The number of carbonyl (C=O) groups is 2. The van der Waals surface area contributed by atoms with Gasteiger partial charge in [-0.1, -0.05) is 30.3 Å². The number of alkyl halides is 3. The summed E-state index contributed by atoms with van der Waals surface area (Å²) < 4.78 is 36.3. The van der Waals surface area contributed by atoms with E-state index in [1.807, 2.05) is 6.07 Å². The highest BCUT2D eigenvalue weighted by atomic mass is 19.4. The number of halogens is 3. The van der Waals surface area contributed by atoms with E-state index >= 15 is 0 Å². The maximum atomic E-state index is 12.1. The number of hydrogen-bond acceptors (Lipinski definition) is 2. The number of benzene rings is 1. The summed E-state index contributed by atoms with van der Waals surface area (Å²) in [7, 11) is 0. The Morgan fingerprint density at radius 1 is 1.14 bits per heavy atom. The molecule has 7 heteroatoms. The molecular formula is C14H16F3NO3. The molecule has 116 valence electrons. The number of carbonyl (C=O) groups excluding carboxylic acids is 1. The van der Waals surface area contributed by atoms with Gasteiger partial charge in [0.15, 0.2) is 0 Å². The fourth-order valence-electron chi connectivity index (χ4n) is 1.77. The molecule has 21 heavy (non-hydrogen) atoms. The minimum absolute atomic E-state index is 0.0764. The quantitative estimate of drug-likeness (QED) is 0.842. The molecule has 0 fully saturated rings. The van der Waals surface area contributed by atoms with Gasteiger partial charge >= 0.3 is 12.1 Å². The number of carboxylic acids is 1. The van der Waals surface area contributed by atoms with Gasteiger partial charge in [-0.3, -0.25) is 9.59 Å². The van der Waals surface area contributed by atoms with Crippen LogP contribution in [0.15, 0.2) is 30.3 Å². The van der Waals surface area contributed by atoms with Gasteiger partial charge in [0.1, 0.15) is 6.54 Å². The summed E-state index contributed by atoms with van der Waals surface area (Å²) in [6, 6.07) is 9.01. The first-order valence-electron chi connectivity index (χ1n) is 6.38. The van der Waals surface area contributed by atoms with E-state index < -0.39 is 37.4 Å². The van der Waals surface area contributed by atoms with Gasteiger partial charge < -0.3 is 10.0 Å². The zero-order valence-corrected chi connectivity index (χ0v) is 11.3. The standard InChI is InChI=1S/C14H16F3NO3/c15-14(16,17)8-6-12(19)18(10-13(20)21)9-7-11-4-2-1-3-5-11/h1-5H,6-10H2,(H,20,21). The molecule has 0 bridgehead atoms. The predicted octanol–water partition coefficient (Wildman–Crippen LogP) is 2.48. The lowest BCUT2D eigenvalue weighted by Gasteiger charge is -2.21. The molecule has 0 saturated carbocycles. The monoisotopic (exact) mass is 303 g/mol. The van der Waals surface area contributed by atoms with E-state index in [0.29, 0.717) is 6.42 Å². The third-order valence-electron chi connectivity index (χ3n) is 2.81. The Bertz CT molecular complexity index is 474. The van der Waals surface area contributed by atoms with Gasteiger partial charge in [0, 0.05) is 13.0 Å². The van der Waals surface area contributed by atoms with Crippen molar-refractivity contribution in [2.24, 2.45) is 0 Å². The van der Waals surface area contributed by atoms with E-state index in [0.717, 1.165) is 10.5 Å². The molecule has 0 aliphatic carbocycles. The largest absolute Gasteiger partial charge is 0.480 e. The Morgan fingerprint density at radius 2 is 1.76 bits per heavy atom. The van der Waals surface area contributed by atoms with Crippen LogP contribution in [0, 0.1) is 0 Å². The summed E-state index contributed by atoms with van der Waals surface area (Å²) in [6.45, 7) is -0.517. The van der Waals surface area contributed by atoms with Gasteiger partial charge in [-0.2, -0.15) is 13.2 Å². The molecule has 1 rings (SSSR count). The topological polar surface area (TPSA) is 57.6 Å². The van der Waals surface area contributed by atoms with Crippen molar-refractivity contribution in [3.8, 4) is 0 Å². The molecule has 0 radical (unpaired) electrons. The molecule has 1 aromatic carbocycles. The van der Waals surface area contributed by atoms with Crippen LogP contribution in [-0.2, 0) is 16.0 Å². The van der Waals surface area contributed by atoms with Crippen LogP contribution < -0.4 is 0 Å². The van der Waals surface area contributed by atoms with Gasteiger partial charge in [0.25, 0.3) is 0 Å². The zero-order chi connectivity index (χ0) is 15.9. The Kier molecular flexibility index (Phi) is 6.20. The highest BCUT2D eigenvalue weighted by molar-refractivity contribution is 5.81. The van der Waals surface area contributed by atoms with E-state index in [1.54, 1.807) is 24.3 Å². The van der Waals surface area contributed by atoms with Crippen LogP contribution in [0.5, 0.6) is 0 Å². The summed E-state index contributed by atoms with van der Waals surface area (Å²) in [5.41, 5.74) is 0.886. The second-order valence-electron chi connectivity index (χ2n) is 4.56. The van der Waals surface area contributed by atoms with Crippen molar-refractivity contribution in [1.29, 1.82) is 0 Å². The number of aliphatic carboxylic acids is 1. The van der Waals surface area contributed by atoms with Crippen LogP contribution in [0.2, 0.25) is 0 Å². The first kappa shape index (κ1) is 17.0. The minimum Gasteiger partial charge on any atom is -0.480 e. The first-order valence-corrected chi connectivity index (χ1v) is 6.38. The second-order valence-corrected chi connectivity index (χ2v) is 4.56. The highest BCUT2D eigenvalue weighted by Gasteiger charge is 2.29. The van der Waals surface area contributed by atoms with E-state index in [2.05, 4.69) is 0 Å². The molecule has 1 aromatic rings. The minimum atomic E-state index is -4.43. The lowest BCUT2D eigenvalue weighted by molar-refractivity contribution is -0.152. The highest BCUT2D eigenvalue weighted by Crippen LogP contribution is 2.21. The number of amides is 1. The maximum absolute atomic E-state index is 12.1. The summed E-state index contributed by atoms with van der Waals surface area (Å²) in [6.07, 6.45) is -6.01. The van der Waals surface area contributed by atoms with Gasteiger partial charge in [-0.05, 0) is 12.0 Å². The van der Waals surface area contributed by atoms with Gasteiger partial charge in [0.2, 0.25) is 5.91 Å². The maximum Gasteiger partial charge on any atom is 0.389 e. The van der Waals surface area contributed by atoms with Crippen LogP contribution in [0.1, 0.15) is 18.4 Å². The summed E-state index contributed by atoms with van der Waals surface area (Å²) in [4.78, 5) is 23.4. The first-order chi connectivity index (χ1) is 9.78. The van der Waals surface area contributed by atoms with Crippen molar-refractivity contribution in [2.75, 3.05) is 13.1 Å². The summed E-state index contributed by atoms with van der Waals surface area (Å²) >= 11 is 0. The molecule has 0 atom stereocenters. The third-order valence-corrected chi connectivity index (χ3v) is 2.81. The van der Waals surface area contributed by atoms with E-state index in [-0.39, 0.29) is 6.54 Å². The molecule has 0 unspecified atom stereocenters. The second kappa shape index (κ2) is 7.66. The Labute approximate surface area is 120 Å². The average molecular weight is 303 g/mol. The fraction of sp³-hybridized carbons (Fsp3) is 0.429. The van der Waals surface area contributed by atoms with Crippen molar-refractivity contribution in [1.82, 2.24) is 4.90 Å². The molecule has 1 N–H and O–H groups in total. The fourth-order valence-corrected chi connectivity index (χ4v) is 1.77. The predicted molar refractivity (Wildman–Crippen MR) is 69.7 cm³/mol. The van der Waals surface area contributed by atoms with Crippen molar-refractivity contribution >= 4 is 11.9 Å². The van der Waals surface area contributed by atoms with Crippen LogP contribution in [0.25, 0.3) is 0 Å². The van der Waals surface area contributed by atoms with Crippen molar-refractivity contribution in [3.05, 3.63) is 35.9 Å². The summed E-state index contributed by atoms with van der Waals surface area (Å²) in [5.74, 6) is -2.05. The van der Waals surface area contributed by atoms with Crippen LogP contribution >= 0.6 is 0 Å². The molecule has 1 amide bonds. The van der Waals surface area contributed by atoms with Gasteiger partial charge in [-0.15, -0.1) is 0 Å². The number of rotatable bonds is 7. The Morgan fingerprint density at radius 3 is 2.29 bits per heavy atom. The van der Waals surface area contributed by atoms with Crippen LogP contribution in [0.4, 0.5) is 13.2 Å². The molecule has 0 aliphatic heterocycles. The number of hydrogen-bond donors (Lipinski definition) is 1. The molecule has 0 spiro atoms. The molecule has 0 saturated heterocycles. The van der Waals surface area contributed by atoms with E-state index in [1.165, 1.54) is 0 Å². The van der Waals surface area contributed by atoms with Crippen LogP contribution in [-0.4, -0.2) is 41.1 Å². The average Bonchev–Trinajstić information content (AvgIpc) is 2.40. The van der Waals surface area contributed by atoms with Gasteiger partial charge in [-0.25, -0.2) is 0 Å². The van der Waals surface area contributed by atoms with Crippen molar-refractivity contribution in [2.45, 2.75) is 25.4 Å².